The van der Waals surface area contributed by atoms with E-state index in [0.717, 1.165) is 17.2 Å². The molecule has 0 spiro atoms. The maximum absolute atomic E-state index is 12.6. The van der Waals surface area contributed by atoms with Crippen LogP contribution in [0.25, 0.3) is 0 Å². The zero-order valence-corrected chi connectivity index (χ0v) is 14.8. The summed E-state index contributed by atoms with van der Waals surface area (Å²) in [6.45, 7) is 0. The van der Waals surface area contributed by atoms with Crippen LogP contribution in [0.4, 0.5) is 18.9 Å². The van der Waals surface area contributed by atoms with Gasteiger partial charge in [-0.25, -0.2) is 13.6 Å². The van der Waals surface area contributed by atoms with E-state index in [9.17, 15) is 21.6 Å². The molecule has 0 amide bonds. The predicted molar refractivity (Wildman–Crippen MR) is 90.6 cm³/mol. The van der Waals surface area contributed by atoms with Crippen LogP contribution >= 0.6 is 11.6 Å². The molecule has 0 bridgehead atoms. The highest BCUT2D eigenvalue weighted by atomic mass is 35.5. The third-order valence-corrected chi connectivity index (χ3v) is 5.38. The third kappa shape index (κ3) is 3.89. The summed E-state index contributed by atoms with van der Waals surface area (Å²) in [7, 11) is -4.48. The molecular formula is C16H14ClF3N2O3S. The van der Waals surface area contributed by atoms with E-state index < -0.39 is 27.0 Å². The van der Waals surface area contributed by atoms with E-state index in [4.69, 9.17) is 16.7 Å². The number of sulfonamides is 1. The average Bonchev–Trinajstić information content (AvgIpc) is 2.89. The number of anilines is 1. The van der Waals surface area contributed by atoms with Gasteiger partial charge in [0.15, 0.2) is 5.75 Å². The largest absolute Gasteiger partial charge is 0.573 e. The molecule has 0 aromatic heterocycles. The molecule has 10 heteroatoms. The van der Waals surface area contributed by atoms with Crippen molar-refractivity contribution in [2.24, 2.45) is 5.14 Å². The molecule has 0 radical (unpaired) electrons. The molecule has 1 atom stereocenters. The van der Waals surface area contributed by atoms with Gasteiger partial charge in [0.25, 0.3) is 0 Å². The lowest BCUT2D eigenvalue weighted by Gasteiger charge is -2.20. The van der Waals surface area contributed by atoms with Crippen LogP contribution in [0, 0.1) is 0 Å². The van der Waals surface area contributed by atoms with Crippen LogP contribution in [0.5, 0.6) is 5.75 Å². The lowest BCUT2D eigenvalue weighted by Crippen LogP contribution is -2.22. The van der Waals surface area contributed by atoms with Crippen LogP contribution in [-0.4, -0.2) is 14.8 Å². The quantitative estimate of drug-likeness (QED) is 0.804. The minimum atomic E-state index is -5.05. The second-order valence-corrected chi connectivity index (χ2v) is 7.67. The van der Waals surface area contributed by atoms with Gasteiger partial charge in [-0.3, -0.25) is 0 Å². The summed E-state index contributed by atoms with van der Waals surface area (Å²) >= 11 is 6.15. The van der Waals surface area contributed by atoms with Crippen molar-refractivity contribution >= 4 is 27.3 Å². The zero-order chi connectivity index (χ0) is 19.1. The molecule has 5 nitrogen and oxygen atoms in total. The summed E-state index contributed by atoms with van der Waals surface area (Å²) in [4.78, 5) is -0.743. The average molecular weight is 407 g/mol. The van der Waals surface area contributed by atoms with E-state index >= 15 is 0 Å². The molecule has 0 heterocycles. The molecule has 2 aromatic rings. The lowest BCUT2D eigenvalue weighted by molar-refractivity contribution is -0.275. The Bertz CT molecular complexity index is 948. The van der Waals surface area contributed by atoms with Crippen molar-refractivity contribution in [1.29, 1.82) is 0 Å². The Balaban J connectivity index is 2.02. The standard InChI is InChI=1S/C16H14ClF3N2O3S/c17-11-4-1-3-10-9(11)7-8-12(10)22-13-5-2-6-14(25-16(18,19)20)15(13)26(21,23)24/h1-6,12,22H,7-8H2,(H2,21,23,24). The molecule has 1 unspecified atom stereocenters. The summed E-state index contributed by atoms with van der Waals surface area (Å²) in [5, 5.41) is 8.68. The first-order chi connectivity index (χ1) is 12.1. The van der Waals surface area contributed by atoms with E-state index in [0.29, 0.717) is 17.9 Å². The van der Waals surface area contributed by atoms with E-state index in [1.807, 2.05) is 6.07 Å². The number of benzene rings is 2. The van der Waals surface area contributed by atoms with Gasteiger partial charge in [0.2, 0.25) is 10.0 Å². The minimum absolute atomic E-state index is 0.0629. The first kappa shape index (κ1) is 18.8. The Labute approximate surface area is 153 Å². The smallest absolute Gasteiger partial charge is 0.404 e. The Morgan fingerprint density at radius 1 is 1.19 bits per heavy atom. The van der Waals surface area contributed by atoms with Gasteiger partial charge >= 0.3 is 6.36 Å². The van der Waals surface area contributed by atoms with Gasteiger partial charge in [-0.1, -0.05) is 29.8 Å². The number of ether oxygens (including phenoxy) is 1. The number of halogens is 4. The number of hydrogen-bond acceptors (Lipinski definition) is 4. The van der Waals surface area contributed by atoms with Gasteiger partial charge in [0.1, 0.15) is 4.90 Å². The number of primary sulfonamides is 1. The molecule has 3 N–H and O–H groups in total. The van der Waals surface area contributed by atoms with Crippen molar-refractivity contribution in [3.8, 4) is 5.75 Å². The number of rotatable bonds is 4. The Morgan fingerprint density at radius 2 is 1.88 bits per heavy atom. The van der Waals surface area contributed by atoms with E-state index in [1.165, 1.54) is 12.1 Å². The molecular weight excluding hydrogens is 393 g/mol. The van der Waals surface area contributed by atoms with Gasteiger partial charge in [-0.2, -0.15) is 0 Å². The van der Waals surface area contributed by atoms with Crippen molar-refractivity contribution in [3.05, 3.63) is 52.5 Å². The molecule has 140 valence electrons. The first-order valence-electron chi connectivity index (χ1n) is 7.51. The summed E-state index contributed by atoms with van der Waals surface area (Å²) in [5.74, 6) is -0.880. The van der Waals surface area contributed by atoms with Gasteiger partial charge in [-0.05, 0) is 42.2 Å². The van der Waals surface area contributed by atoms with Crippen LogP contribution in [0.3, 0.4) is 0 Å². The first-order valence-corrected chi connectivity index (χ1v) is 9.44. The van der Waals surface area contributed by atoms with Crippen molar-refractivity contribution in [3.63, 3.8) is 0 Å². The maximum Gasteiger partial charge on any atom is 0.573 e. The molecule has 2 aromatic carbocycles. The van der Waals surface area contributed by atoms with Crippen LogP contribution in [-0.2, 0) is 16.4 Å². The molecule has 0 aliphatic heterocycles. The lowest BCUT2D eigenvalue weighted by atomic mass is 10.1. The molecule has 26 heavy (non-hydrogen) atoms. The Hall–Kier alpha value is -1.97. The molecule has 0 saturated carbocycles. The second-order valence-electron chi connectivity index (χ2n) is 5.77. The Kier molecular flexibility index (Phi) is 4.80. The maximum atomic E-state index is 12.6. The number of fused-ring (bicyclic) bond motifs is 1. The van der Waals surface area contributed by atoms with Crippen LogP contribution in [0.2, 0.25) is 5.02 Å². The fraction of sp³-hybridized carbons (Fsp3) is 0.250. The molecule has 1 aliphatic carbocycles. The van der Waals surface area contributed by atoms with Crippen LogP contribution in [0.15, 0.2) is 41.3 Å². The number of alkyl halides is 3. The molecule has 1 aliphatic rings. The monoisotopic (exact) mass is 406 g/mol. The topological polar surface area (TPSA) is 81.4 Å². The van der Waals surface area contributed by atoms with Crippen molar-refractivity contribution in [2.45, 2.75) is 30.1 Å². The normalized spacial score (nSPS) is 17.0. The third-order valence-electron chi connectivity index (χ3n) is 4.03. The predicted octanol–water partition coefficient (Wildman–Crippen LogP) is 3.99. The van der Waals surface area contributed by atoms with Gasteiger partial charge < -0.3 is 10.1 Å². The van der Waals surface area contributed by atoms with Crippen LogP contribution < -0.4 is 15.2 Å². The zero-order valence-electron chi connectivity index (χ0n) is 13.2. The van der Waals surface area contributed by atoms with E-state index in [2.05, 4.69) is 10.1 Å². The Morgan fingerprint density at radius 3 is 2.54 bits per heavy atom. The van der Waals surface area contributed by atoms with Gasteiger partial charge in [0, 0.05) is 5.02 Å². The highest BCUT2D eigenvalue weighted by Gasteiger charge is 2.35. The SMILES string of the molecule is NS(=O)(=O)c1c(NC2CCc3c(Cl)cccc32)cccc1OC(F)(F)F. The minimum Gasteiger partial charge on any atom is -0.404 e. The molecule has 0 fully saturated rings. The summed E-state index contributed by atoms with van der Waals surface area (Å²) in [6, 6.07) is 8.51. The summed E-state index contributed by atoms with van der Waals surface area (Å²) < 4.78 is 65.4. The second kappa shape index (κ2) is 6.64. The van der Waals surface area contributed by atoms with Gasteiger partial charge in [-0.15, -0.1) is 13.2 Å². The highest BCUT2D eigenvalue weighted by Crippen LogP contribution is 2.40. The van der Waals surface area contributed by atoms with Gasteiger partial charge in [0.05, 0.1) is 11.7 Å². The molecule has 3 rings (SSSR count). The van der Waals surface area contributed by atoms with E-state index in [1.54, 1.807) is 12.1 Å². The number of nitrogens with two attached hydrogens (primary N) is 1. The van der Waals surface area contributed by atoms with Crippen LogP contribution in [0.1, 0.15) is 23.6 Å². The molecule has 0 saturated heterocycles. The summed E-state index contributed by atoms with van der Waals surface area (Å²) in [6.07, 6.45) is -3.78. The fourth-order valence-corrected chi connectivity index (χ4v) is 4.18. The highest BCUT2D eigenvalue weighted by molar-refractivity contribution is 7.89. The fourth-order valence-electron chi connectivity index (χ4n) is 3.08. The summed E-state index contributed by atoms with van der Waals surface area (Å²) in [5.41, 5.74) is 1.72. The van der Waals surface area contributed by atoms with Crippen molar-refractivity contribution < 1.29 is 26.3 Å². The van der Waals surface area contributed by atoms with E-state index in [-0.39, 0.29) is 11.7 Å². The number of hydrogen-bond donors (Lipinski definition) is 2. The number of nitrogens with one attached hydrogen (secondary N) is 1. The van der Waals surface area contributed by atoms with Crippen molar-refractivity contribution in [1.82, 2.24) is 0 Å². The van der Waals surface area contributed by atoms with Crippen molar-refractivity contribution in [2.75, 3.05) is 5.32 Å².